The highest BCUT2D eigenvalue weighted by molar-refractivity contribution is 7.80. The Bertz CT molecular complexity index is 216. The maximum atomic E-state index is 11.2. The number of amides is 1. The van der Waals surface area contributed by atoms with E-state index in [0.717, 1.165) is 19.4 Å². The Hall–Kier alpha value is -0.620. The van der Waals surface area contributed by atoms with E-state index in [1.807, 2.05) is 0 Å². The predicted octanol–water partition coefficient (Wildman–Crippen LogP) is 0.888. The minimum absolute atomic E-state index is 0.0864. The van der Waals surface area contributed by atoms with E-state index in [2.05, 4.69) is 24.5 Å². The molecule has 0 aromatic carbocycles. The number of rotatable bonds is 0. The summed E-state index contributed by atoms with van der Waals surface area (Å²) in [6.07, 6.45) is 2.03. The van der Waals surface area contributed by atoms with Crippen LogP contribution in [0, 0.1) is 11.8 Å². The van der Waals surface area contributed by atoms with Gasteiger partial charge >= 0.3 is 0 Å². The summed E-state index contributed by atoms with van der Waals surface area (Å²) in [5.74, 6) is 5.00. The van der Waals surface area contributed by atoms with Crippen LogP contribution in [0.4, 0.5) is 0 Å². The molecule has 1 aliphatic heterocycles. The molecule has 1 rings (SSSR count). The SMILES string of the molecule is CC#CC(=O)N1CCCC1S. The molecule has 0 spiro atoms. The fourth-order valence-corrected chi connectivity index (χ4v) is 1.57. The highest BCUT2D eigenvalue weighted by Crippen LogP contribution is 2.19. The summed E-state index contributed by atoms with van der Waals surface area (Å²) >= 11 is 4.26. The van der Waals surface area contributed by atoms with Crippen LogP contribution in [0.5, 0.6) is 0 Å². The number of thiol groups is 1. The van der Waals surface area contributed by atoms with Gasteiger partial charge in [-0.15, -0.1) is 0 Å². The molecular formula is C8H11NOS. The van der Waals surface area contributed by atoms with Crippen LogP contribution >= 0.6 is 12.6 Å². The molecule has 1 aliphatic rings. The zero-order valence-corrected chi connectivity index (χ0v) is 7.40. The molecule has 11 heavy (non-hydrogen) atoms. The van der Waals surface area contributed by atoms with Crippen molar-refractivity contribution in [1.29, 1.82) is 0 Å². The zero-order chi connectivity index (χ0) is 8.27. The lowest BCUT2D eigenvalue weighted by molar-refractivity contribution is -0.124. The van der Waals surface area contributed by atoms with Crippen LogP contribution in [0.15, 0.2) is 0 Å². The van der Waals surface area contributed by atoms with E-state index in [-0.39, 0.29) is 11.3 Å². The van der Waals surface area contributed by atoms with Crippen molar-refractivity contribution in [2.24, 2.45) is 0 Å². The van der Waals surface area contributed by atoms with Gasteiger partial charge in [-0.1, -0.05) is 5.92 Å². The van der Waals surface area contributed by atoms with E-state index in [4.69, 9.17) is 0 Å². The fraction of sp³-hybridized carbons (Fsp3) is 0.625. The van der Waals surface area contributed by atoms with Crippen molar-refractivity contribution in [2.75, 3.05) is 6.54 Å². The molecular weight excluding hydrogens is 158 g/mol. The molecule has 0 saturated carbocycles. The molecule has 1 saturated heterocycles. The van der Waals surface area contributed by atoms with Gasteiger partial charge in [-0.25, -0.2) is 0 Å². The van der Waals surface area contributed by atoms with Crippen molar-refractivity contribution >= 4 is 18.5 Å². The molecule has 0 bridgehead atoms. The van der Waals surface area contributed by atoms with Crippen molar-refractivity contribution in [1.82, 2.24) is 4.90 Å². The maximum Gasteiger partial charge on any atom is 0.299 e. The lowest BCUT2D eigenvalue weighted by Crippen LogP contribution is -2.31. The molecule has 3 heteroatoms. The monoisotopic (exact) mass is 169 g/mol. The third-order valence-electron chi connectivity index (χ3n) is 1.71. The Balaban J connectivity index is 2.57. The van der Waals surface area contributed by atoms with Gasteiger partial charge in [0, 0.05) is 6.54 Å². The van der Waals surface area contributed by atoms with Gasteiger partial charge in [0.1, 0.15) is 0 Å². The highest BCUT2D eigenvalue weighted by atomic mass is 32.1. The van der Waals surface area contributed by atoms with Crippen molar-refractivity contribution in [3.05, 3.63) is 0 Å². The molecule has 0 N–H and O–H groups in total. The van der Waals surface area contributed by atoms with Crippen LogP contribution in [-0.2, 0) is 4.79 Å². The van der Waals surface area contributed by atoms with Gasteiger partial charge < -0.3 is 4.90 Å². The van der Waals surface area contributed by atoms with Crippen molar-refractivity contribution in [3.63, 3.8) is 0 Å². The molecule has 2 nitrogen and oxygen atoms in total. The molecule has 1 atom stereocenters. The molecule has 1 fully saturated rings. The van der Waals surface area contributed by atoms with Gasteiger partial charge in [-0.05, 0) is 25.7 Å². The zero-order valence-electron chi connectivity index (χ0n) is 6.50. The molecule has 0 aromatic rings. The molecule has 1 amide bonds. The fourth-order valence-electron chi connectivity index (χ4n) is 1.16. The first-order valence-electron chi connectivity index (χ1n) is 3.67. The van der Waals surface area contributed by atoms with Gasteiger partial charge in [0.25, 0.3) is 5.91 Å². The average molecular weight is 169 g/mol. The summed E-state index contributed by atoms with van der Waals surface area (Å²) in [4.78, 5) is 12.9. The standard InChI is InChI=1S/C8H11NOS/c1-2-4-7(10)9-6-3-5-8(9)11/h8,11H,3,5-6H2,1H3. The number of carbonyl (C=O) groups excluding carboxylic acids is 1. The number of nitrogens with zero attached hydrogens (tertiary/aromatic N) is 1. The van der Waals surface area contributed by atoms with Crippen LogP contribution in [0.3, 0.4) is 0 Å². The van der Waals surface area contributed by atoms with Crippen LogP contribution < -0.4 is 0 Å². The van der Waals surface area contributed by atoms with Crippen LogP contribution in [-0.4, -0.2) is 22.7 Å². The van der Waals surface area contributed by atoms with Crippen LogP contribution in [0.1, 0.15) is 19.8 Å². The second-order valence-corrected chi connectivity index (χ2v) is 3.09. The Labute approximate surface area is 72.4 Å². The second kappa shape index (κ2) is 3.68. The van der Waals surface area contributed by atoms with Crippen LogP contribution in [0.2, 0.25) is 0 Å². The van der Waals surface area contributed by atoms with Gasteiger partial charge in [0.15, 0.2) is 0 Å². The average Bonchev–Trinajstić information content (AvgIpc) is 2.36. The van der Waals surface area contributed by atoms with Gasteiger partial charge in [0.05, 0.1) is 5.37 Å². The van der Waals surface area contributed by atoms with E-state index in [0.29, 0.717) is 0 Å². The Morgan fingerprint density at radius 3 is 2.91 bits per heavy atom. The Morgan fingerprint density at radius 1 is 1.73 bits per heavy atom. The third-order valence-corrected chi connectivity index (χ3v) is 2.25. The first-order chi connectivity index (χ1) is 5.25. The maximum absolute atomic E-state index is 11.2. The lowest BCUT2D eigenvalue weighted by Gasteiger charge is -2.16. The van der Waals surface area contributed by atoms with Crippen molar-refractivity contribution < 1.29 is 4.79 Å². The Morgan fingerprint density at radius 2 is 2.45 bits per heavy atom. The number of likely N-dealkylation sites (tertiary alicyclic amines) is 1. The largest absolute Gasteiger partial charge is 0.320 e. The topological polar surface area (TPSA) is 20.3 Å². The van der Waals surface area contributed by atoms with E-state index in [1.54, 1.807) is 11.8 Å². The van der Waals surface area contributed by atoms with Crippen molar-refractivity contribution in [2.45, 2.75) is 25.1 Å². The van der Waals surface area contributed by atoms with Gasteiger partial charge in [-0.3, -0.25) is 4.79 Å². The predicted molar refractivity (Wildman–Crippen MR) is 47.2 cm³/mol. The molecule has 0 aliphatic carbocycles. The number of hydrogen-bond acceptors (Lipinski definition) is 2. The molecule has 1 heterocycles. The first-order valence-corrected chi connectivity index (χ1v) is 4.19. The molecule has 0 aromatic heterocycles. The summed E-state index contributed by atoms with van der Waals surface area (Å²) in [5, 5.41) is 0.0864. The molecule has 0 radical (unpaired) electrons. The summed E-state index contributed by atoms with van der Waals surface area (Å²) in [7, 11) is 0. The smallest absolute Gasteiger partial charge is 0.299 e. The van der Waals surface area contributed by atoms with E-state index in [9.17, 15) is 4.79 Å². The minimum Gasteiger partial charge on any atom is -0.320 e. The van der Waals surface area contributed by atoms with Crippen molar-refractivity contribution in [3.8, 4) is 11.8 Å². The number of carbonyl (C=O) groups is 1. The quantitative estimate of drug-likeness (QED) is 0.422. The third kappa shape index (κ3) is 1.90. The Kier molecular flexibility index (Phi) is 2.84. The molecule has 1 unspecified atom stereocenters. The van der Waals surface area contributed by atoms with Gasteiger partial charge in [-0.2, -0.15) is 12.6 Å². The molecule has 60 valence electrons. The van der Waals surface area contributed by atoms with E-state index < -0.39 is 0 Å². The highest BCUT2D eigenvalue weighted by Gasteiger charge is 2.24. The lowest BCUT2D eigenvalue weighted by atomic mass is 10.4. The normalized spacial score (nSPS) is 22.7. The summed E-state index contributed by atoms with van der Waals surface area (Å²) < 4.78 is 0. The van der Waals surface area contributed by atoms with E-state index in [1.165, 1.54) is 0 Å². The minimum atomic E-state index is -0.0926. The van der Waals surface area contributed by atoms with Gasteiger partial charge in [0.2, 0.25) is 0 Å². The number of hydrogen-bond donors (Lipinski definition) is 1. The summed E-state index contributed by atoms with van der Waals surface area (Å²) in [6, 6.07) is 0. The van der Waals surface area contributed by atoms with E-state index >= 15 is 0 Å². The van der Waals surface area contributed by atoms with Crippen LogP contribution in [0.25, 0.3) is 0 Å². The second-order valence-electron chi connectivity index (χ2n) is 2.50. The first kappa shape index (κ1) is 8.48. The summed E-state index contributed by atoms with van der Waals surface area (Å²) in [6.45, 7) is 2.48. The summed E-state index contributed by atoms with van der Waals surface area (Å²) in [5.41, 5.74) is 0.